The molecule has 5 rings (SSSR count). The predicted molar refractivity (Wildman–Crippen MR) is 89.2 cm³/mol. The van der Waals surface area contributed by atoms with Gasteiger partial charge in [-0.15, -0.1) is 0 Å². The van der Waals surface area contributed by atoms with Crippen molar-refractivity contribution in [2.45, 2.75) is 57.5 Å². The maximum Gasteiger partial charge on any atom is 0.225 e. The van der Waals surface area contributed by atoms with Gasteiger partial charge in [0.2, 0.25) is 11.8 Å². The van der Waals surface area contributed by atoms with Crippen LogP contribution in [0.2, 0.25) is 0 Å². The van der Waals surface area contributed by atoms with E-state index >= 15 is 0 Å². The molecule has 4 aliphatic rings. The van der Waals surface area contributed by atoms with Crippen LogP contribution >= 0.6 is 0 Å². The number of nitrogens with one attached hydrogen (secondary N) is 1. The van der Waals surface area contributed by atoms with Crippen molar-refractivity contribution < 1.29 is 9.59 Å². The lowest BCUT2D eigenvalue weighted by Crippen LogP contribution is -2.50. The number of hydrogen-bond donors (Lipinski definition) is 1. The van der Waals surface area contributed by atoms with Crippen LogP contribution in [0.4, 0.5) is 0 Å². The number of fused-ring (bicyclic) bond motifs is 1. The first-order chi connectivity index (χ1) is 12.2. The summed E-state index contributed by atoms with van der Waals surface area (Å²) in [5, 5.41) is 7.61. The van der Waals surface area contributed by atoms with E-state index in [0.29, 0.717) is 5.91 Å². The van der Waals surface area contributed by atoms with Crippen molar-refractivity contribution >= 4 is 11.8 Å². The van der Waals surface area contributed by atoms with Gasteiger partial charge in [0, 0.05) is 36.9 Å². The van der Waals surface area contributed by atoms with Gasteiger partial charge in [0.15, 0.2) is 0 Å². The Morgan fingerprint density at radius 3 is 2.64 bits per heavy atom. The van der Waals surface area contributed by atoms with E-state index in [1.807, 2.05) is 9.58 Å². The number of amides is 2. The third kappa shape index (κ3) is 2.47. The van der Waals surface area contributed by atoms with Crippen LogP contribution in [0.1, 0.15) is 56.8 Å². The number of hydrogen-bond acceptors (Lipinski definition) is 4. The highest BCUT2D eigenvalue weighted by Gasteiger charge is 2.52. The van der Waals surface area contributed by atoms with Gasteiger partial charge in [-0.05, 0) is 38.5 Å². The van der Waals surface area contributed by atoms with Gasteiger partial charge < -0.3 is 10.2 Å². The standard InChI is InChI=1S/C18H25N5O2/c24-16(12-2-1-3-12)21-14-15-19-11-20-23(15)9-7-18(14)6-8-22(10-18)17(25)13-4-5-13/h11-14H,1-10H2,(H,21,24)/t14-,18-/m0/s1. The van der Waals surface area contributed by atoms with Crippen molar-refractivity contribution in [2.75, 3.05) is 13.1 Å². The molecule has 0 aromatic carbocycles. The zero-order valence-electron chi connectivity index (χ0n) is 14.5. The minimum absolute atomic E-state index is 0.0903. The lowest BCUT2D eigenvalue weighted by atomic mass is 9.73. The van der Waals surface area contributed by atoms with Crippen molar-refractivity contribution in [3.05, 3.63) is 12.2 Å². The maximum absolute atomic E-state index is 12.6. The highest BCUT2D eigenvalue weighted by molar-refractivity contribution is 5.82. The van der Waals surface area contributed by atoms with Crippen LogP contribution < -0.4 is 5.32 Å². The SMILES string of the molecule is O=C(N[C@H]1c2ncnn2CC[C@]12CCN(C(=O)C1CC1)C2)C1CCC1. The largest absolute Gasteiger partial charge is 0.345 e. The third-order valence-corrected chi connectivity index (χ3v) is 6.72. The molecule has 1 aromatic rings. The summed E-state index contributed by atoms with van der Waals surface area (Å²) in [4.78, 5) is 31.7. The van der Waals surface area contributed by atoms with Crippen LogP contribution in [0.15, 0.2) is 6.33 Å². The number of nitrogens with zero attached hydrogens (tertiary/aromatic N) is 4. The molecule has 1 N–H and O–H groups in total. The van der Waals surface area contributed by atoms with E-state index in [-0.39, 0.29) is 29.2 Å². The molecule has 0 unspecified atom stereocenters. The number of aromatic nitrogens is 3. The molecule has 0 bridgehead atoms. The van der Waals surface area contributed by atoms with Gasteiger partial charge in [-0.1, -0.05) is 6.42 Å². The van der Waals surface area contributed by atoms with Crippen LogP contribution in [-0.4, -0.2) is 44.6 Å². The second-order valence-corrected chi connectivity index (χ2v) is 8.31. The molecule has 134 valence electrons. The van der Waals surface area contributed by atoms with Gasteiger partial charge in [0.25, 0.3) is 0 Å². The number of likely N-dealkylation sites (tertiary alicyclic amines) is 1. The number of rotatable bonds is 3. The zero-order chi connectivity index (χ0) is 17.0. The summed E-state index contributed by atoms with van der Waals surface area (Å²) in [6.07, 6.45) is 8.67. The van der Waals surface area contributed by atoms with Gasteiger partial charge in [-0.2, -0.15) is 5.10 Å². The first kappa shape index (κ1) is 15.3. The molecule has 7 heteroatoms. The number of aryl methyl sites for hydroxylation is 1. The van der Waals surface area contributed by atoms with E-state index in [4.69, 9.17) is 0 Å². The van der Waals surface area contributed by atoms with Crippen LogP contribution in [-0.2, 0) is 16.1 Å². The Balaban J connectivity index is 1.41. The molecular weight excluding hydrogens is 318 g/mol. The lowest BCUT2D eigenvalue weighted by molar-refractivity contribution is -0.132. The van der Waals surface area contributed by atoms with Crippen LogP contribution in [0, 0.1) is 17.3 Å². The molecule has 1 spiro atoms. The molecule has 7 nitrogen and oxygen atoms in total. The average Bonchev–Trinajstić information content (AvgIpc) is 3.14. The van der Waals surface area contributed by atoms with Gasteiger partial charge in [-0.25, -0.2) is 9.67 Å². The number of carbonyl (C=O) groups excluding carboxylic acids is 2. The second-order valence-electron chi connectivity index (χ2n) is 8.31. The minimum atomic E-state index is -0.131. The Hall–Kier alpha value is -1.92. The van der Waals surface area contributed by atoms with E-state index in [1.54, 1.807) is 6.33 Å². The molecule has 1 saturated heterocycles. The van der Waals surface area contributed by atoms with Gasteiger partial charge >= 0.3 is 0 Å². The van der Waals surface area contributed by atoms with Crippen molar-refractivity contribution in [2.24, 2.45) is 17.3 Å². The fourth-order valence-electron chi connectivity index (χ4n) is 4.68. The van der Waals surface area contributed by atoms with Gasteiger partial charge in [0.05, 0.1) is 6.04 Å². The highest BCUT2D eigenvalue weighted by atomic mass is 16.2. The molecule has 25 heavy (non-hydrogen) atoms. The van der Waals surface area contributed by atoms with E-state index in [0.717, 1.165) is 70.4 Å². The topological polar surface area (TPSA) is 80.1 Å². The Morgan fingerprint density at radius 1 is 1.12 bits per heavy atom. The number of carbonyl (C=O) groups is 2. The molecule has 0 radical (unpaired) electrons. The molecule has 2 amide bonds. The van der Waals surface area contributed by atoms with Crippen molar-refractivity contribution in [3.63, 3.8) is 0 Å². The smallest absolute Gasteiger partial charge is 0.225 e. The zero-order valence-corrected chi connectivity index (χ0v) is 14.5. The Kier molecular flexibility index (Phi) is 3.40. The first-order valence-corrected chi connectivity index (χ1v) is 9.63. The lowest BCUT2D eigenvalue weighted by Gasteiger charge is -2.41. The summed E-state index contributed by atoms with van der Waals surface area (Å²) in [5.74, 6) is 1.73. The molecule has 2 saturated carbocycles. The molecule has 1 aromatic heterocycles. The molecule has 2 aliphatic heterocycles. The highest BCUT2D eigenvalue weighted by Crippen LogP contribution is 2.48. The van der Waals surface area contributed by atoms with E-state index in [2.05, 4.69) is 15.4 Å². The Labute approximate surface area is 147 Å². The quantitative estimate of drug-likeness (QED) is 0.896. The normalized spacial score (nSPS) is 31.7. The minimum Gasteiger partial charge on any atom is -0.345 e. The summed E-state index contributed by atoms with van der Waals surface area (Å²) in [6.45, 7) is 2.36. The molecule has 3 fully saturated rings. The maximum atomic E-state index is 12.6. The summed E-state index contributed by atoms with van der Waals surface area (Å²) in [7, 11) is 0. The Morgan fingerprint density at radius 2 is 1.92 bits per heavy atom. The summed E-state index contributed by atoms with van der Waals surface area (Å²) < 4.78 is 1.92. The van der Waals surface area contributed by atoms with Crippen molar-refractivity contribution in [3.8, 4) is 0 Å². The molecule has 2 aliphatic carbocycles. The molecule has 3 heterocycles. The van der Waals surface area contributed by atoms with Crippen molar-refractivity contribution in [1.82, 2.24) is 25.0 Å². The van der Waals surface area contributed by atoms with Crippen LogP contribution in [0.3, 0.4) is 0 Å². The first-order valence-electron chi connectivity index (χ1n) is 9.63. The summed E-state index contributed by atoms with van der Waals surface area (Å²) >= 11 is 0. The van der Waals surface area contributed by atoms with Crippen LogP contribution in [0.5, 0.6) is 0 Å². The predicted octanol–water partition coefficient (Wildman–Crippen LogP) is 1.27. The summed E-state index contributed by atoms with van der Waals surface area (Å²) in [6, 6.07) is -0.131. The third-order valence-electron chi connectivity index (χ3n) is 6.72. The molecule has 2 atom stereocenters. The van der Waals surface area contributed by atoms with Gasteiger partial charge in [0.1, 0.15) is 12.2 Å². The average molecular weight is 343 g/mol. The van der Waals surface area contributed by atoms with E-state index in [9.17, 15) is 9.59 Å². The fraction of sp³-hybridized carbons (Fsp3) is 0.778. The second kappa shape index (κ2) is 5.54. The van der Waals surface area contributed by atoms with Crippen molar-refractivity contribution in [1.29, 1.82) is 0 Å². The van der Waals surface area contributed by atoms with Gasteiger partial charge in [-0.3, -0.25) is 9.59 Å². The van der Waals surface area contributed by atoms with E-state index in [1.165, 1.54) is 0 Å². The monoisotopic (exact) mass is 343 g/mol. The fourth-order valence-corrected chi connectivity index (χ4v) is 4.68. The Bertz CT molecular complexity index is 708. The summed E-state index contributed by atoms with van der Waals surface area (Å²) in [5.41, 5.74) is -0.0903. The van der Waals surface area contributed by atoms with Crippen LogP contribution in [0.25, 0.3) is 0 Å². The molecular formula is C18H25N5O2. The van der Waals surface area contributed by atoms with E-state index < -0.39 is 0 Å².